The third kappa shape index (κ3) is 3.42. The first-order valence-corrected chi connectivity index (χ1v) is 5.58. The topological polar surface area (TPSA) is 42.2 Å². The van der Waals surface area contributed by atoms with Crippen LogP contribution in [0.1, 0.15) is 31.7 Å². The number of aryl methyl sites for hydroxylation is 1. The highest BCUT2D eigenvalue weighted by molar-refractivity contribution is 5.52. The lowest BCUT2D eigenvalue weighted by atomic mass is 10.2. The fraction of sp³-hybridized carbons (Fsp3) is 0.583. The van der Waals surface area contributed by atoms with E-state index in [1.807, 2.05) is 6.07 Å². The quantitative estimate of drug-likeness (QED) is 0.755. The van der Waals surface area contributed by atoms with Crippen LogP contribution in [0, 0.1) is 6.92 Å². The normalized spacial score (nSPS) is 10.3. The number of hydrogen-bond acceptors (Lipinski definition) is 3. The Hall–Kier alpha value is -1.25. The molecule has 0 saturated heterocycles. The molecule has 0 aliphatic carbocycles. The maximum atomic E-state index is 5.67. The van der Waals surface area contributed by atoms with Crippen LogP contribution in [0.5, 0.6) is 0 Å². The van der Waals surface area contributed by atoms with Gasteiger partial charge in [0.1, 0.15) is 5.82 Å². The number of rotatable bonds is 5. The molecule has 0 fully saturated rings. The van der Waals surface area contributed by atoms with Gasteiger partial charge in [0.2, 0.25) is 0 Å². The molecule has 0 aliphatic rings. The summed E-state index contributed by atoms with van der Waals surface area (Å²) >= 11 is 0. The standard InChI is InChI=1S/C12H21N3/c1-4-5-6-7-15(3)12-10(2)8-11(13)9-14-12/h8-9H,4-7,13H2,1-3H3. The molecule has 0 aliphatic heterocycles. The van der Waals surface area contributed by atoms with Crippen LogP contribution in [0.2, 0.25) is 0 Å². The molecule has 0 amide bonds. The predicted molar refractivity (Wildman–Crippen MR) is 66.2 cm³/mol. The van der Waals surface area contributed by atoms with Crippen molar-refractivity contribution in [1.82, 2.24) is 4.98 Å². The van der Waals surface area contributed by atoms with E-state index in [0.717, 1.165) is 23.6 Å². The van der Waals surface area contributed by atoms with Crippen LogP contribution < -0.4 is 10.6 Å². The van der Waals surface area contributed by atoms with Crippen LogP contribution in [-0.2, 0) is 0 Å². The summed E-state index contributed by atoms with van der Waals surface area (Å²) in [6, 6.07) is 1.97. The number of nitrogen functional groups attached to an aromatic ring is 1. The number of nitrogens with zero attached hydrogens (tertiary/aromatic N) is 2. The van der Waals surface area contributed by atoms with E-state index in [1.165, 1.54) is 19.3 Å². The molecule has 0 spiro atoms. The maximum absolute atomic E-state index is 5.67. The number of unbranched alkanes of at least 4 members (excludes halogenated alkanes) is 2. The lowest BCUT2D eigenvalue weighted by molar-refractivity contribution is 0.700. The molecular weight excluding hydrogens is 186 g/mol. The Balaban J connectivity index is 2.61. The Morgan fingerprint density at radius 2 is 2.13 bits per heavy atom. The summed E-state index contributed by atoms with van der Waals surface area (Å²) in [7, 11) is 2.08. The van der Waals surface area contributed by atoms with Gasteiger partial charge in [-0.15, -0.1) is 0 Å². The maximum Gasteiger partial charge on any atom is 0.131 e. The first-order valence-electron chi connectivity index (χ1n) is 5.58. The molecule has 1 heterocycles. The number of pyridine rings is 1. The van der Waals surface area contributed by atoms with Gasteiger partial charge in [-0.05, 0) is 25.0 Å². The van der Waals surface area contributed by atoms with Crippen molar-refractivity contribution < 1.29 is 0 Å². The minimum atomic E-state index is 0.734. The Kier molecular flexibility index (Phi) is 4.40. The van der Waals surface area contributed by atoms with E-state index in [0.29, 0.717) is 0 Å². The van der Waals surface area contributed by atoms with Crippen molar-refractivity contribution in [3.05, 3.63) is 17.8 Å². The molecule has 15 heavy (non-hydrogen) atoms. The van der Waals surface area contributed by atoms with E-state index >= 15 is 0 Å². The van der Waals surface area contributed by atoms with E-state index in [-0.39, 0.29) is 0 Å². The average Bonchev–Trinajstić information content (AvgIpc) is 2.17. The first kappa shape index (κ1) is 11.8. The van der Waals surface area contributed by atoms with E-state index in [4.69, 9.17) is 5.73 Å². The van der Waals surface area contributed by atoms with Crippen molar-refractivity contribution >= 4 is 11.5 Å². The summed E-state index contributed by atoms with van der Waals surface area (Å²) in [5, 5.41) is 0. The minimum Gasteiger partial charge on any atom is -0.397 e. The van der Waals surface area contributed by atoms with Crippen LogP contribution in [0.3, 0.4) is 0 Å². The van der Waals surface area contributed by atoms with Crippen LogP contribution in [0.25, 0.3) is 0 Å². The van der Waals surface area contributed by atoms with E-state index < -0.39 is 0 Å². The highest BCUT2D eigenvalue weighted by Gasteiger charge is 2.05. The van der Waals surface area contributed by atoms with Crippen molar-refractivity contribution in [2.75, 3.05) is 24.2 Å². The predicted octanol–water partition coefficient (Wildman–Crippen LogP) is 2.60. The summed E-state index contributed by atoms with van der Waals surface area (Å²) in [5.41, 5.74) is 7.55. The molecule has 1 rings (SSSR count). The van der Waals surface area contributed by atoms with Crippen LogP contribution >= 0.6 is 0 Å². The molecule has 0 unspecified atom stereocenters. The fourth-order valence-corrected chi connectivity index (χ4v) is 1.69. The second kappa shape index (κ2) is 5.59. The van der Waals surface area contributed by atoms with Crippen molar-refractivity contribution in [2.24, 2.45) is 0 Å². The first-order chi connectivity index (χ1) is 7.15. The van der Waals surface area contributed by atoms with Crippen LogP contribution in [-0.4, -0.2) is 18.6 Å². The summed E-state index contributed by atoms with van der Waals surface area (Å²) in [6.07, 6.45) is 5.47. The molecule has 0 bridgehead atoms. The second-order valence-electron chi connectivity index (χ2n) is 4.04. The zero-order valence-electron chi connectivity index (χ0n) is 9.95. The number of aromatic nitrogens is 1. The molecule has 0 atom stereocenters. The fourth-order valence-electron chi connectivity index (χ4n) is 1.69. The van der Waals surface area contributed by atoms with Gasteiger partial charge in [-0.2, -0.15) is 0 Å². The summed E-state index contributed by atoms with van der Waals surface area (Å²) in [6.45, 7) is 5.33. The Labute approximate surface area is 92.3 Å². The zero-order valence-corrected chi connectivity index (χ0v) is 9.95. The summed E-state index contributed by atoms with van der Waals surface area (Å²) < 4.78 is 0. The summed E-state index contributed by atoms with van der Waals surface area (Å²) in [5.74, 6) is 1.04. The molecular formula is C12H21N3. The van der Waals surface area contributed by atoms with Crippen molar-refractivity contribution in [3.8, 4) is 0 Å². The number of nitrogens with two attached hydrogens (primary N) is 1. The molecule has 0 saturated carbocycles. The average molecular weight is 207 g/mol. The molecule has 1 aromatic rings. The lowest BCUT2D eigenvalue weighted by Gasteiger charge is -2.20. The lowest BCUT2D eigenvalue weighted by Crippen LogP contribution is -2.20. The van der Waals surface area contributed by atoms with Gasteiger partial charge < -0.3 is 10.6 Å². The van der Waals surface area contributed by atoms with E-state index in [9.17, 15) is 0 Å². The van der Waals surface area contributed by atoms with Gasteiger partial charge in [0.25, 0.3) is 0 Å². The highest BCUT2D eigenvalue weighted by Crippen LogP contribution is 2.17. The van der Waals surface area contributed by atoms with Crippen LogP contribution in [0.15, 0.2) is 12.3 Å². The highest BCUT2D eigenvalue weighted by atomic mass is 15.2. The van der Waals surface area contributed by atoms with Gasteiger partial charge >= 0.3 is 0 Å². The van der Waals surface area contributed by atoms with Crippen LogP contribution in [0.4, 0.5) is 11.5 Å². The van der Waals surface area contributed by atoms with Gasteiger partial charge in [0, 0.05) is 13.6 Å². The monoisotopic (exact) mass is 207 g/mol. The van der Waals surface area contributed by atoms with Gasteiger partial charge in [-0.1, -0.05) is 19.8 Å². The largest absolute Gasteiger partial charge is 0.397 e. The Bertz CT molecular complexity index is 310. The minimum absolute atomic E-state index is 0.734. The third-order valence-electron chi connectivity index (χ3n) is 2.53. The zero-order chi connectivity index (χ0) is 11.3. The Morgan fingerprint density at radius 1 is 1.40 bits per heavy atom. The molecule has 2 N–H and O–H groups in total. The SMILES string of the molecule is CCCCCN(C)c1ncc(N)cc1C. The molecule has 84 valence electrons. The van der Waals surface area contributed by atoms with Crippen molar-refractivity contribution in [1.29, 1.82) is 0 Å². The van der Waals surface area contributed by atoms with Crippen molar-refractivity contribution in [2.45, 2.75) is 33.1 Å². The van der Waals surface area contributed by atoms with Crippen molar-refractivity contribution in [3.63, 3.8) is 0 Å². The number of anilines is 2. The smallest absolute Gasteiger partial charge is 0.131 e. The molecule has 3 nitrogen and oxygen atoms in total. The molecule has 1 aromatic heterocycles. The van der Waals surface area contributed by atoms with E-state index in [1.54, 1.807) is 6.20 Å². The van der Waals surface area contributed by atoms with Gasteiger partial charge in [0.05, 0.1) is 11.9 Å². The van der Waals surface area contributed by atoms with Gasteiger partial charge in [-0.3, -0.25) is 0 Å². The van der Waals surface area contributed by atoms with Gasteiger partial charge in [0.15, 0.2) is 0 Å². The van der Waals surface area contributed by atoms with Gasteiger partial charge in [-0.25, -0.2) is 4.98 Å². The Morgan fingerprint density at radius 3 is 2.73 bits per heavy atom. The second-order valence-corrected chi connectivity index (χ2v) is 4.04. The number of hydrogen-bond donors (Lipinski definition) is 1. The molecule has 3 heteroatoms. The van der Waals surface area contributed by atoms with E-state index in [2.05, 4.69) is 30.8 Å². The molecule has 0 radical (unpaired) electrons. The summed E-state index contributed by atoms with van der Waals surface area (Å²) in [4.78, 5) is 6.56. The third-order valence-corrected chi connectivity index (χ3v) is 2.53. The molecule has 0 aromatic carbocycles.